The average molecular weight is 325 g/mol. The van der Waals surface area contributed by atoms with Crippen molar-refractivity contribution in [1.29, 1.82) is 0 Å². The monoisotopic (exact) mass is 324 g/mol. The fourth-order valence-electron chi connectivity index (χ4n) is 1.34. The van der Waals surface area contributed by atoms with Crippen LogP contribution in [0.3, 0.4) is 0 Å². The van der Waals surface area contributed by atoms with E-state index in [0.717, 1.165) is 6.42 Å². The lowest BCUT2D eigenvalue weighted by Crippen LogP contribution is -2.10. The van der Waals surface area contributed by atoms with E-state index in [1.165, 1.54) is 6.92 Å². The van der Waals surface area contributed by atoms with Crippen LogP contribution in [0.4, 0.5) is 0 Å². The lowest BCUT2D eigenvalue weighted by atomic mass is 9.96. The highest BCUT2D eigenvalue weighted by molar-refractivity contribution is 5.99. The minimum atomic E-state index is 0.0255. The molecule has 2 heteroatoms. The summed E-state index contributed by atoms with van der Waals surface area (Å²) in [6.07, 6.45) is 0.841. The Hall–Kier alpha value is -1.44. The second kappa shape index (κ2) is 22.8. The molecule has 0 spiro atoms. The van der Waals surface area contributed by atoms with Gasteiger partial charge in [-0.15, -0.1) is 0 Å². The maximum absolute atomic E-state index is 11.8. The Morgan fingerprint density at radius 3 is 1.35 bits per heavy atom. The van der Waals surface area contributed by atoms with Crippen molar-refractivity contribution in [2.45, 2.75) is 82.6 Å². The predicted molar refractivity (Wildman–Crippen MR) is 106 cm³/mol. The number of hydrogen-bond donors (Lipinski definition) is 0. The van der Waals surface area contributed by atoms with Gasteiger partial charge in [0.15, 0.2) is 11.6 Å². The Morgan fingerprint density at radius 1 is 0.783 bits per heavy atom. The number of carbonyl (C=O) groups is 2. The molecule has 0 heterocycles. The number of rotatable bonds is 4. The Labute approximate surface area is 145 Å². The van der Waals surface area contributed by atoms with Gasteiger partial charge in [0.05, 0.1) is 0 Å². The maximum Gasteiger partial charge on any atom is 0.165 e. The van der Waals surface area contributed by atoms with Crippen molar-refractivity contribution in [3.8, 4) is 0 Å². The van der Waals surface area contributed by atoms with E-state index < -0.39 is 0 Å². The minimum absolute atomic E-state index is 0.0255. The van der Waals surface area contributed by atoms with E-state index in [4.69, 9.17) is 0 Å². The molecule has 0 aromatic heterocycles. The summed E-state index contributed by atoms with van der Waals surface area (Å²) in [5, 5.41) is 0. The number of benzene rings is 1. The van der Waals surface area contributed by atoms with E-state index >= 15 is 0 Å². The number of Topliss-reactive ketones (excluding diaryl/α,β-unsaturated/α-hetero) is 2. The van der Waals surface area contributed by atoms with Crippen LogP contribution < -0.4 is 0 Å². The van der Waals surface area contributed by atoms with Gasteiger partial charge in [-0.05, 0) is 13.3 Å². The molecular formula is C21H40O2. The van der Waals surface area contributed by atoms with Gasteiger partial charge in [-0.2, -0.15) is 0 Å². The molecular weight excluding hydrogens is 284 g/mol. The molecule has 0 radical (unpaired) electrons. The molecule has 0 saturated carbocycles. The molecule has 0 fully saturated rings. The molecule has 0 aliphatic carbocycles. The zero-order valence-corrected chi connectivity index (χ0v) is 17.4. The van der Waals surface area contributed by atoms with Crippen LogP contribution in [0.2, 0.25) is 0 Å². The van der Waals surface area contributed by atoms with Crippen molar-refractivity contribution in [1.82, 2.24) is 0 Å². The van der Waals surface area contributed by atoms with Crippen LogP contribution in [-0.2, 0) is 0 Å². The van der Waals surface area contributed by atoms with E-state index in [1.807, 2.05) is 69.2 Å². The van der Waals surface area contributed by atoms with Crippen LogP contribution in [0.15, 0.2) is 24.3 Å². The first-order chi connectivity index (χ1) is 11.1. The van der Waals surface area contributed by atoms with Gasteiger partial charge in [0, 0.05) is 17.0 Å². The van der Waals surface area contributed by atoms with Crippen LogP contribution in [0.1, 0.15) is 103 Å². The summed E-state index contributed by atoms with van der Waals surface area (Å²) in [5.41, 5.74) is 1.34. The maximum atomic E-state index is 11.8. The molecule has 23 heavy (non-hydrogen) atoms. The minimum Gasteiger partial charge on any atom is -0.295 e. The van der Waals surface area contributed by atoms with Gasteiger partial charge in [0.1, 0.15) is 0 Å². The summed E-state index contributed by atoms with van der Waals surface area (Å²) in [6, 6.07) is 6.87. The molecule has 0 amide bonds. The molecule has 1 rings (SSSR count). The summed E-state index contributed by atoms with van der Waals surface area (Å²) in [4.78, 5) is 22.8. The quantitative estimate of drug-likeness (QED) is 0.548. The molecule has 1 atom stereocenters. The zero-order valence-electron chi connectivity index (χ0n) is 17.4. The molecule has 2 nitrogen and oxygen atoms in total. The largest absolute Gasteiger partial charge is 0.295 e. The van der Waals surface area contributed by atoms with Gasteiger partial charge < -0.3 is 0 Å². The van der Waals surface area contributed by atoms with Gasteiger partial charge in [0.25, 0.3) is 0 Å². The Kier molecular flexibility index (Phi) is 29.3. The molecule has 0 aliphatic rings. The van der Waals surface area contributed by atoms with Crippen molar-refractivity contribution in [2.24, 2.45) is 5.92 Å². The normalized spacial score (nSPS) is 9.00. The molecule has 136 valence electrons. The van der Waals surface area contributed by atoms with E-state index in [0.29, 0.717) is 11.1 Å². The highest BCUT2D eigenvalue weighted by atomic mass is 16.1. The van der Waals surface area contributed by atoms with Crippen LogP contribution in [0.5, 0.6) is 0 Å². The van der Waals surface area contributed by atoms with Gasteiger partial charge in [-0.1, -0.05) is 93.5 Å². The summed E-state index contributed by atoms with van der Waals surface area (Å²) in [7, 11) is 0. The smallest absolute Gasteiger partial charge is 0.165 e. The van der Waals surface area contributed by atoms with Crippen LogP contribution in [0, 0.1) is 5.92 Å². The number of carbonyl (C=O) groups excluding carboxylic acids is 2. The Morgan fingerprint density at radius 2 is 1.09 bits per heavy atom. The van der Waals surface area contributed by atoms with Crippen molar-refractivity contribution >= 4 is 11.6 Å². The van der Waals surface area contributed by atoms with E-state index in [9.17, 15) is 9.59 Å². The fraction of sp³-hybridized carbons (Fsp3) is 0.619. The van der Waals surface area contributed by atoms with Crippen molar-refractivity contribution < 1.29 is 9.59 Å². The molecule has 1 aromatic rings. The third-order valence-corrected chi connectivity index (χ3v) is 2.64. The van der Waals surface area contributed by atoms with Gasteiger partial charge in [0.2, 0.25) is 0 Å². The Balaban J connectivity index is -0.000000196. The summed E-state index contributed by atoms with van der Waals surface area (Å²) >= 11 is 0. The SMILES string of the molecule is CC.CC.CC.CC.CCC(C)C(=O)c1ccc(C(C)=O)cc1. The number of ketones is 2. The predicted octanol–water partition coefficient (Wildman–Crippen LogP) is 7.22. The summed E-state index contributed by atoms with van der Waals surface area (Å²) < 4.78 is 0. The standard InChI is InChI=1S/C13H16O2.4C2H6/c1-4-9(2)13(15)12-7-5-11(6-8-12)10(3)14;4*1-2/h5-9H,4H2,1-3H3;4*1-2H3. The second-order valence-electron chi connectivity index (χ2n) is 3.81. The molecule has 0 saturated heterocycles. The first-order valence-corrected chi connectivity index (χ1v) is 9.21. The van der Waals surface area contributed by atoms with Crippen LogP contribution in [-0.4, -0.2) is 11.6 Å². The molecule has 0 bridgehead atoms. The van der Waals surface area contributed by atoms with Crippen molar-refractivity contribution in [2.75, 3.05) is 0 Å². The molecule has 0 N–H and O–H groups in total. The average Bonchev–Trinajstić information content (AvgIpc) is 2.67. The summed E-state index contributed by atoms with van der Waals surface area (Å²) in [5.74, 6) is 0.221. The lowest BCUT2D eigenvalue weighted by molar-refractivity contribution is 0.0926. The zero-order chi connectivity index (χ0) is 19.4. The highest BCUT2D eigenvalue weighted by Crippen LogP contribution is 2.13. The van der Waals surface area contributed by atoms with Crippen LogP contribution >= 0.6 is 0 Å². The second-order valence-corrected chi connectivity index (χ2v) is 3.81. The van der Waals surface area contributed by atoms with Gasteiger partial charge >= 0.3 is 0 Å². The van der Waals surface area contributed by atoms with Gasteiger partial charge in [-0.3, -0.25) is 9.59 Å². The van der Waals surface area contributed by atoms with Crippen molar-refractivity contribution in [3.05, 3.63) is 35.4 Å². The van der Waals surface area contributed by atoms with Crippen LogP contribution in [0.25, 0.3) is 0 Å². The fourth-order valence-corrected chi connectivity index (χ4v) is 1.34. The van der Waals surface area contributed by atoms with Crippen molar-refractivity contribution in [3.63, 3.8) is 0 Å². The molecule has 1 unspecified atom stereocenters. The number of hydrogen-bond acceptors (Lipinski definition) is 2. The first kappa shape index (κ1) is 29.6. The summed E-state index contributed by atoms with van der Waals surface area (Å²) in [6.45, 7) is 21.4. The Bertz CT molecular complexity index is 364. The third kappa shape index (κ3) is 13.9. The highest BCUT2D eigenvalue weighted by Gasteiger charge is 2.12. The molecule has 0 aliphatic heterocycles. The van der Waals surface area contributed by atoms with Gasteiger partial charge in [-0.25, -0.2) is 0 Å². The van der Waals surface area contributed by atoms with E-state index in [2.05, 4.69) is 0 Å². The lowest BCUT2D eigenvalue weighted by Gasteiger charge is -2.07. The van der Waals surface area contributed by atoms with E-state index in [1.54, 1.807) is 24.3 Å². The van der Waals surface area contributed by atoms with E-state index in [-0.39, 0.29) is 17.5 Å². The first-order valence-electron chi connectivity index (χ1n) is 9.21. The third-order valence-electron chi connectivity index (χ3n) is 2.64. The molecule has 1 aromatic carbocycles. The topological polar surface area (TPSA) is 34.1 Å².